The number of nitrogens with zero attached hydrogens (tertiary/aromatic N) is 3. The van der Waals surface area contributed by atoms with E-state index in [4.69, 9.17) is 9.15 Å². The van der Waals surface area contributed by atoms with Gasteiger partial charge in [0.15, 0.2) is 0 Å². The number of amides is 1. The number of hydrogen-bond acceptors (Lipinski definition) is 5. The molecular formula is C21H26N4O3. The van der Waals surface area contributed by atoms with Gasteiger partial charge in [-0.15, -0.1) is 10.2 Å². The Hall–Kier alpha value is -2.67. The van der Waals surface area contributed by atoms with E-state index < -0.39 is 0 Å². The highest BCUT2D eigenvalue weighted by Crippen LogP contribution is 2.20. The van der Waals surface area contributed by atoms with Crippen LogP contribution in [0.1, 0.15) is 43.5 Å². The second kappa shape index (κ2) is 8.56. The molecule has 0 aliphatic carbocycles. The zero-order valence-electron chi connectivity index (χ0n) is 16.2. The molecule has 0 spiro atoms. The minimum Gasteiger partial charge on any atom is -0.425 e. The van der Waals surface area contributed by atoms with E-state index in [9.17, 15) is 4.79 Å². The van der Waals surface area contributed by atoms with E-state index in [1.165, 1.54) is 0 Å². The SMILES string of the molecule is CCN(CC1CCCO1)C(=O)CCc1nnc(Cc2c[nH]c3ccccc23)o1. The molecule has 0 saturated carbocycles. The number of H-pyrrole nitrogens is 1. The van der Waals surface area contributed by atoms with Crippen LogP contribution < -0.4 is 0 Å². The normalized spacial score (nSPS) is 16.7. The molecule has 2 aromatic heterocycles. The second-order valence-electron chi connectivity index (χ2n) is 7.19. The van der Waals surface area contributed by atoms with Gasteiger partial charge in [0.1, 0.15) is 0 Å². The average Bonchev–Trinajstić information content (AvgIpc) is 3.47. The zero-order valence-corrected chi connectivity index (χ0v) is 16.2. The van der Waals surface area contributed by atoms with Crippen molar-refractivity contribution in [3.8, 4) is 0 Å². The van der Waals surface area contributed by atoms with E-state index in [1.54, 1.807) is 0 Å². The van der Waals surface area contributed by atoms with Crippen LogP contribution in [0.2, 0.25) is 0 Å². The number of hydrogen-bond donors (Lipinski definition) is 1. The van der Waals surface area contributed by atoms with Crippen molar-refractivity contribution in [3.63, 3.8) is 0 Å². The number of para-hydroxylation sites is 1. The van der Waals surface area contributed by atoms with Crippen LogP contribution in [0.5, 0.6) is 0 Å². The first-order chi connectivity index (χ1) is 13.7. The molecule has 28 heavy (non-hydrogen) atoms. The maximum Gasteiger partial charge on any atom is 0.223 e. The van der Waals surface area contributed by atoms with Crippen molar-refractivity contribution in [1.82, 2.24) is 20.1 Å². The maximum absolute atomic E-state index is 12.5. The number of aromatic amines is 1. The number of aryl methyl sites for hydroxylation is 1. The molecule has 1 amide bonds. The Labute approximate surface area is 164 Å². The summed E-state index contributed by atoms with van der Waals surface area (Å²) in [5, 5.41) is 9.42. The van der Waals surface area contributed by atoms with E-state index in [-0.39, 0.29) is 12.0 Å². The number of nitrogens with one attached hydrogen (secondary N) is 1. The molecular weight excluding hydrogens is 356 g/mol. The molecule has 1 aromatic carbocycles. The highest BCUT2D eigenvalue weighted by molar-refractivity contribution is 5.83. The molecule has 1 unspecified atom stereocenters. The molecule has 1 atom stereocenters. The summed E-state index contributed by atoms with van der Waals surface area (Å²) in [6.07, 6.45) is 5.67. The van der Waals surface area contributed by atoms with Crippen LogP contribution >= 0.6 is 0 Å². The molecule has 0 radical (unpaired) electrons. The molecule has 1 fully saturated rings. The largest absolute Gasteiger partial charge is 0.425 e. The van der Waals surface area contributed by atoms with E-state index in [0.29, 0.717) is 44.1 Å². The van der Waals surface area contributed by atoms with Gasteiger partial charge >= 0.3 is 0 Å². The van der Waals surface area contributed by atoms with Crippen molar-refractivity contribution in [2.24, 2.45) is 0 Å². The van der Waals surface area contributed by atoms with Crippen molar-refractivity contribution < 1.29 is 13.9 Å². The number of benzene rings is 1. The first-order valence-corrected chi connectivity index (χ1v) is 9.98. The third-order valence-corrected chi connectivity index (χ3v) is 5.26. The summed E-state index contributed by atoms with van der Waals surface area (Å²) >= 11 is 0. The van der Waals surface area contributed by atoms with Crippen molar-refractivity contribution in [1.29, 1.82) is 0 Å². The Morgan fingerprint density at radius 3 is 2.96 bits per heavy atom. The second-order valence-corrected chi connectivity index (χ2v) is 7.19. The maximum atomic E-state index is 12.5. The van der Waals surface area contributed by atoms with Gasteiger partial charge in [-0.25, -0.2) is 0 Å². The van der Waals surface area contributed by atoms with Gasteiger partial charge in [-0.05, 0) is 31.4 Å². The molecule has 0 bridgehead atoms. The molecule has 148 valence electrons. The fourth-order valence-corrected chi connectivity index (χ4v) is 3.72. The van der Waals surface area contributed by atoms with Gasteiger partial charge in [0, 0.05) is 49.6 Å². The first-order valence-electron chi connectivity index (χ1n) is 9.98. The molecule has 1 aliphatic heterocycles. The van der Waals surface area contributed by atoms with Gasteiger partial charge in [0.25, 0.3) is 0 Å². The van der Waals surface area contributed by atoms with Gasteiger partial charge in [0.05, 0.1) is 12.5 Å². The molecule has 3 heterocycles. The smallest absolute Gasteiger partial charge is 0.223 e. The highest BCUT2D eigenvalue weighted by atomic mass is 16.5. The summed E-state index contributed by atoms with van der Waals surface area (Å²) in [5.41, 5.74) is 2.21. The van der Waals surface area contributed by atoms with Crippen LogP contribution in [0.3, 0.4) is 0 Å². The Balaban J connectivity index is 1.32. The predicted octanol–water partition coefficient (Wildman–Crippen LogP) is 3.10. The first kappa shape index (κ1) is 18.7. The number of carbonyl (C=O) groups excluding carboxylic acids is 1. The minimum absolute atomic E-state index is 0.106. The number of likely N-dealkylation sites (N-methyl/N-ethyl adjacent to an activating group) is 1. The monoisotopic (exact) mass is 382 g/mol. The third kappa shape index (κ3) is 4.25. The van der Waals surface area contributed by atoms with Crippen molar-refractivity contribution in [2.45, 2.75) is 45.1 Å². The Morgan fingerprint density at radius 1 is 1.29 bits per heavy atom. The topological polar surface area (TPSA) is 84.2 Å². The third-order valence-electron chi connectivity index (χ3n) is 5.26. The van der Waals surface area contributed by atoms with E-state index in [2.05, 4.69) is 21.2 Å². The van der Waals surface area contributed by atoms with Gasteiger partial charge < -0.3 is 19.0 Å². The summed E-state index contributed by atoms with van der Waals surface area (Å²) < 4.78 is 11.4. The summed E-state index contributed by atoms with van der Waals surface area (Å²) in [4.78, 5) is 17.6. The summed E-state index contributed by atoms with van der Waals surface area (Å²) in [6, 6.07) is 8.13. The van der Waals surface area contributed by atoms with Crippen LogP contribution in [0.4, 0.5) is 0 Å². The van der Waals surface area contributed by atoms with Crippen LogP contribution in [0.15, 0.2) is 34.9 Å². The molecule has 7 nitrogen and oxygen atoms in total. The Morgan fingerprint density at radius 2 is 2.14 bits per heavy atom. The fourth-order valence-electron chi connectivity index (χ4n) is 3.72. The molecule has 1 saturated heterocycles. The van der Waals surface area contributed by atoms with Crippen LogP contribution in [0.25, 0.3) is 10.9 Å². The summed E-state index contributed by atoms with van der Waals surface area (Å²) in [6.45, 7) is 4.16. The van der Waals surface area contributed by atoms with Crippen LogP contribution in [-0.4, -0.2) is 51.8 Å². The zero-order chi connectivity index (χ0) is 19.3. The molecule has 4 rings (SSSR count). The number of carbonyl (C=O) groups is 1. The number of fused-ring (bicyclic) bond motifs is 1. The van der Waals surface area contributed by atoms with Gasteiger partial charge in [-0.3, -0.25) is 4.79 Å². The molecule has 1 aliphatic rings. The predicted molar refractivity (Wildman–Crippen MR) is 105 cm³/mol. The van der Waals surface area contributed by atoms with E-state index in [1.807, 2.05) is 36.2 Å². The van der Waals surface area contributed by atoms with Crippen molar-refractivity contribution in [2.75, 3.05) is 19.7 Å². The number of aromatic nitrogens is 3. The van der Waals surface area contributed by atoms with Gasteiger partial charge in [0.2, 0.25) is 17.7 Å². The molecule has 3 aromatic rings. The molecule has 1 N–H and O–H groups in total. The lowest BCUT2D eigenvalue weighted by atomic mass is 10.1. The van der Waals surface area contributed by atoms with Crippen LogP contribution in [-0.2, 0) is 22.4 Å². The standard InChI is InChI=1S/C21H26N4O3/c1-2-25(14-16-6-5-11-27-16)21(26)10-9-19-23-24-20(28-19)12-15-13-22-18-8-4-3-7-17(15)18/h3-4,7-8,13,16,22H,2,5-6,9-12,14H2,1H3. The Kier molecular flexibility index (Phi) is 5.71. The van der Waals surface area contributed by atoms with E-state index >= 15 is 0 Å². The highest BCUT2D eigenvalue weighted by Gasteiger charge is 2.22. The molecule has 7 heteroatoms. The van der Waals surface area contributed by atoms with Gasteiger partial charge in [-0.1, -0.05) is 18.2 Å². The lowest BCUT2D eigenvalue weighted by molar-refractivity contribution is -0.132. The Bertz CT molecular complexity index is 927. The minimum atomic E-state index is 0.106. The summed E-state index contributed by atoms with van der Waals surface area (Å²) in [5.74, 6) is 1.18. The quantitative estimate of drug-likeness (QED) is 0.647. The number of rotatable bonds is 8. The van der Waals surface area contributed by atoms with Gasteiger partial charge in [-0.2, -0.15) is 0 Å². The average molecular weight is 382 g/mol. The lowest BCUT2D eigenvalue weighted by Gasteiger charge is -2.23. The fraction of sp³-hybridized carbons (Fsp3) is 0.476. The van der Waals surface area contributed by atoms with E-state index in [0.717, 1.165) is 35.9 Å². The lowest BCUT2D eigenvalue weighted by Crippen LogP contribution is -2.37. The summed E-state index contributed by atoms with van der Waals surface area (Å²) in [7, 11) is 0. The van der Waals surface area contributed by atoms with Crippen molar-refractivity contribution >= 4 is 16.8 Å². The number of ether oxygens (including phenoxy) is 1. The van der Waals surface area contributed by atoms with Crippen molar-refractivity contribution in [3.05, 3.63) is 47.8 Å². The van der Waals surface area contributed by atoms with Crippen LogP contribution in [0, 0.1) is 0 Å².